The first-order valence-electron chi connectivity index (χ1n) is 6.50. The highest BCUT2D eigenvalue weighted by molar-refractivity contribution is 6.09. The third-order valence-corrected chi connectivity index (χ3v) is 3.31. The summed E-state index contributed by atoms with van der Waals surface area (Å²) in [7, 11) is 3.05. The summed E-state index contributed by atoms with van der Waals surface area (Å²) in [4.78, 5) is 12.6. The molecule has 0 bridgehead atoms. The number of carbonyl (C=O) groups is 1. The molecule has 0 fully saturated rings. The second kappa shape index (κ2) is 5.95. The Morgan fingerprint density at radius 3 is 1.71 bits per heavy atom. The molecule has 0 aliphatic rings. The van der Waals surface area contributed by atoms with Crippen LogP contribution in [0.3, 0.4) is 0 Å². The van der Waals surface area contributed by atoms with Crippen molar-refractivity contribution in [2.75, 3.05) is 14.2 Å². The van der Waals surface area contributed by atoms with Gasteiger partial charge in [-0.25, -0.2) is 4.39 Å². The molecule has 0 radical (unpaired) electrons. The highest BCUT2D eigenvalue weighted by Gasteiger charge is 2.15. The Morgan fingerprint density at radius 2 is 1.29 bits per heavy atom. The van der Waals surface area contributed by atoms with Crippen LogP contribution in [0.4, 0.5) is 4.39 Å². The van der Waals surface area contributed by atoms with Gasteiger partial charge < -0.3 is 9.47 Å². The molecule has 0 saturated carbocycles. The molecule has 0 aliphatic heterocycles. The Labute approximate surface area is 123 Å². The lowest BCUT2D eigenvalue weighted by Gasteiger charge is -2.09. The summed E-state index contributed by atoms with van der Waals surface area (Å²) >= 11 is 0. The lowest BCUT2D eigenvalue weighted by Crippen LogP contribution is -2.04. The van der Waals surface area contributed by atoms with Gasteiger partial charge in [0.25, 0.3) is 0 Å². The first-order chi connectivity index (χ1) is 9.96. The number of methoxy groups -OCH3 is 2. The van der Waals surface area contributed by atoms with Gasteiger partial charge in [0.2, 0.25) is 0 Å². The van der Waals surface area contributed by atoms with E-state index in [2.05, 4.69) is 0 Å². The second-order valence-electron chi connectivity index (χ2n) is 4.85. The molecule has 0 spiro atoms. The SMILES string of the molecule is COc1cc(OC)cc(C(=O)c2cc(C)c(F)c(C)c2)c1. The van der Waals surface area contributed by atoms with Crippen molar-refractivity contribution in [3.63, 3.8) is 0 Å². The van der Waals surface area contributed by atoms with Crippen LogP contribution in [0.5, 0.6) is 11.5 Å². The van der Waals surface area contributed by atoms with Gasteiger partial charge in [0, 0.05) is 17.2 Å². The molecule has 2 rings (SSSR count). The summed E-state index contributed by atoms with van der Waals surface area (Å²) in [6.07, 6.45) is 0. The van der Waals surface area contributed by atoms with Gasteiger partial charge in [-0.15, -0.1) is 0 Å². The molecule has 2 aromatic rings. The average Bonchev–Trinajstić information content (AvgIpc) is 2.50. The Morgan fingerprint density at radius 1 is 0.857 bits per heavy atom. The summed E-state index contributed by atoms with van der Waals surface area (Å²) in [6.45, 7) is 3.29. The highest BCUT2D eigenvalue weighted by atomic mass is 19.1. The van der Waals surface area contributed by atoms with Crippen molar-refractivity contribution in [2.24, 2.45) is 0 Å². The molecule has 0 aliphatic carbocycles. The maximum Gasteiger partial charge on any atom is 0.193 e. The van der Waals surface area contributed by atoms with Gasteiger partial charge >= 0.3 is 0 Å². The van der Waals surface area contributed by atoms with E-state index in [0.717, 1.165) is 0 Å². The molecule has 0 saturated heterocycles. The smallest absolute Gasteiger partial charge is 0.193 e. The molecule has 0 heterocycles. The van der Waals surface area contributed by atoms with Gasteiger partial charge in [-0.2, -0.15) is 0 Å². The first kappa shape index (κ1) is 15.0. The Hall–Kier alpha value is -2.36. The van der Waals surface area contributed by atoms with Crippen molar-refractivity contribution in [2.45, 2.75) is 13.8 Å². The average molecular weight is 288 g/mol. The van der Waals surface area contributed by atoms with Crippen LogP contribution >= 0.6 is 0 Å². The number of aryl methyl sites for hydroxylation is 2. The monoisotopic (exact) mass is 288 g/mol. The van der Waals surface area contributed by atoms with E-state index >= 15 is 0 Å². The minimum Gasteiger partial charge on any atom is -0.497 e. The molecule has 2 aromatic carbocycles. The van der Waals surface area contributed by atoms with E-state index < -0.39 is 0 Å². The molecule has 4 heteroatoms. The Balaban J connectivity index is 2.49. The number of ether oxygens (including phenoxy) is 2. The van der Waals surface area contributed by atoms with Crippen molar-refractivity contribution in [3.05, 3.63) is 58.4 Å². The fourth-order valence-electron chi connectivity index (χ4n) is 2.18. The van der Waals surface area contributed by atoms with Crippen LogP contribution in [-0.4, -0.2) is 20.0 Å². The van der Waals surface area contributed by atoms with E-state index in [4.69, 9.17) is 9.47 Å². The maximum atomic E-state index is 13.7. The van der Waals surface area contributed by atoms with Crippen LogP contribution in [0.15, 0.2) is 30.3 Å². The third-order valence-electron chi connectivity index (χ3n) is 3.31. The van der Waals surface area contributed by atoms with Gasteiger partial charge in [-0.1, -0.05) is 0 Å². The zero-order chi connectivity index (χ0) is 15.6. The van der Waals surface area contributed by atoms with E-state index in [0.29, 0.717) is 33.8 Å². The topological polar surface area (TPSA) is 35.5 Å². The number of hydrogen-bond donors (Lipinski definition) is 0. The van der Waals surface area contributed by atoms with Crippen molar-refractivity contribution in [1.29, 1.82) is 0 Å². The quantitative estimate of drug-likeness (QED) is 0.805. The molecule has 0 amide bonds. The van der Waals surface area contributed by atoms with Crippen molar-refractivity contribution >= 4 is 5.78 Å². The minimum absolute atomic E-state index is 0.196. The molecule has 0 unspecified atom stereocenters. The number of ketones is 1. The zero-order valence-corrected chi connectivity index (χ0v) is 12.5. The van der Waals surface area contributed by atoms with Crippen LogP contribution in [0, 0.1) is 19.7 Å². The van der Waals surface area contributed by atoms with Crippen LogP contribution < -0.4 is 9.47 Å². The normalized spacial score (nSPS) is 10.3. The van der Waals surface area contributed by atoms with E-state index in [1.165, 1.54) is 14.2 Å². The first-order valence-corrected chi connectivity index (χ1v) is 6.50. The molecule has 110 valence electrons. The fourth-order valence-corrected chi connectivity index (χ4v) is 2.18. The summed E-state index contributed by atoms with van der Waals surface area (Å²) in [6, 6.07) is 8.07. The Bertz CT molecular complexity index is 647. The van der Waals surface area contributed by atoms with E-state index in [-0.39, 0.29) is 11.6 Å². The fraction of sp³-hybridized carbons (Fsp3) is 0.235. The van der Waals surface area contributed by atoms with Gasteiger partial charge in [-0.3, -0.25) is 4.79 Å². The predicted octanol–water partition coefficient (Wildman–Crippen LogP) is 3.69. The van der Waals surface area contributed by atoms with Gasteiger partial charge in [-0.05, 0) is 49.2 Å². The van der Waals surface area contributed by atoms with Crippen LogP contribution in [0.2, 0.25) is 0 Å². The summed E-state index contributed by atoms with van der Waals surface area (Å²) in [5, 5.41) is 0. The largest absolute Gasteiger partial charge is 0.497 e. The van der Waals surface area contributed by atoms with E-state index in [9.17, 15) is 9.18 Å². The van der Waals surface area contributed by atoms with E-state index in [1.54, 1.807) is 44.2 Å². The summed E-state index contributed by atoms with van der Waals surface area (Å²) in [5.41, 5.74) is 1.79. The van der Waals surface area contributed by atoms with Crippen LogP contribution in [0.25, 0.3) is 0 Å². The second-order valence-corrected chi connectivity index (χ2v) is 4.85. The number of halogens is 1. The lowest BCUT2D eigenvalue weighted by molar-refractivity contribution is 0.103. The molecule has 0 atom stereocenters. The van der Waals surface area contributed by atoms with Gasteiger partial charge in [0.05, 0.1) is 14.2 Å². The number of hydrogen-bond acceptors (Lipinski definition) is 3. The molecule has 0 N–H and O–H groups in total. The van der Waals surface area contributed by atoms with E-state index in [1.807, 2.05) is 0 Å². The van der Waals surface area contributed by atoms with Crippen molar-refractivity contribution in [1.82, 2.24) is 0 Å². The predicted molar refractivity (Wildman–Crippen MR) is 78.9 cm³/mol. The molecule has 21 heavy (non-hydrogen) atoms. The number of carbonyl (C=O) groups excluding carboxylic acids is 1. The highest BCUT2D eigenvalue weighted by Crippen LogP contribution is 2.25. The lowest BCUT2D eigenvalue weighted by atomic mass is 9.98. The number of rotatable bonds is 4. The molecule has 3 nitrogen and oxygen atoms in total. The zero-order valence-electron chi connectivity index (χ0n) is 12.5. The molecule has 0 aromatic heterocycles. The summed E-state index contributed by atoms with van der Waals surface area (Å²) < 4.78 is 24.0. The Kier molecular flexibility index (Phi) is 4.26. The van der Waals surface area contributed by atoms with Crippen LogP contribution in [0.1, 0.15) is 27.0 Å². The third kappa shape index (κ3) is 3.05. The van der Waals surface area contributed by atoms with Crippen molar-refractivity contribution < 1.29 is 18.7 Å². The standard InChI is InChI=1S/C17H17FO3/c1-10-5-12(6-11(2)16(10)18)17(19)13-7-14(20-3)9-15(8-13)21-4/h5-9H,1-4H3. The van der Waals surface area contributed by atoms with Gasteiger partial charge in [0.15, 0.2) is 5.78 Å². The van der Waals surface area contributed by atoms with Gasteiger partial charge in [0.1, 0.15) is 17.3 Å². The molecular weight excluding hydrogens is 271 g/mol. The minimum atomic E-state index is -0.283. The van der Waals surface area contributed by atoms with Crippen molar-refractivity contribution in [3.8, 4) is 11.5 Å². The van der Waals surface area contributed by atoms with Crippen LogP contribution in [-0.2, 0) is 0 Å². The maximum absolute atomic E-state index is 13.7. The molecular formula is C17H17FO3. The number of benzene rings is 2. The summed E-state index contributed by atoms with van der Waals surface area (Å²) in [5.74, 6) is 0.592.